The maximum absolute atomic E-state index is 13.0. The van der Waals surface area contributed by atoms with Crippen LogP contribution >= 0.6 is 23.2 Å². The first-order valence-corrected chi connectivity index (χ1v) is 7.21. The highest BCUT2D eigenvalue weighted by molar-refractivity contribution is 7.84. The summed E-state index contributed by atoms with van der Waals surface area (Å²) in [6.45, 7) is 0. The lowest BCUT2D eigenvalue weighted by molar-refractivity contribution is 0.622. The summed E-state index contributed by atoms with van der Waals surface area (Å²) in [6.07, 6.45) is 0. The van der Waals surface area contributed by atoms with Gasteiger partial charge in [0, 0.05) is 4.90 Å². The van der Waals surface area contributed by atoms with Crippen molar-refractivity contribution in [2.45, 2.75) is 10.6 Å². The molecule has 0 aliphatic carbocycles. The molecule has 0 spiro atoms. The molecule has 0 fully saturated rings. The average Bonchev–Trinajstić information content (AvgIpc) is 2.34. The highest BCUT2D eigenvalue weighted by atomic mass is 35.5. The predicted octanol–water partition coefficient (Wildman–Crippen LogP) is 4.44. The summed E-state index contributed by atoms with van der Waals surface area (Å²) in [5, 5.41) is 0.877. The number of hydrogen-bond donors (Lipinski definition) is 0. The second-order valence-electron chi connectivity index (χ2n) is 3.70. The van der Waals surface area contributed by atoms with E-state index in [1.807, 2.05) is 0 Å². The van der Waals surface area contributed by atoms with Gasteiger partial charge in [0.25, 0.3) is 0 Å². The van der Waals surface area contributed by atoms with Crippen LogP contribution in [0, 0.1) is 5.82 Å². The molecule has 0 N–H and O–H groups in total. The van der Waals surface area contributed by atoms with E-state index in [4.69, 9.17) is 23.2 Å². The lowest BCUT2D eigenvalue weighted by atomic mass is 10.2. The molecule has 2 aromatic rings. The molecule has 0 radical (unpaired) electrons. The van der Waals surface area contributed by atoms with E-state index in [1.54, 1.807) is 24.3 Å². The Morgan fingerprint density at radius 3 is 2.50 bits per heavy atom. The lowest BCUT2D eigenvalue weighted by Crippen LogP contribution is -1.97. The molecule has 5 heteroatoms. The van der Waals surface area contributed by atoms with Gasteiger partial charge in [-0.2, -0.15) is 0 Å². The molecule has 0 aromatic heterocycles. The van der Waals surface area contributed by atoms with E-state index in [1.165, 1.54) is 18.2 Å². The summed E-state index contributed by atoms with van der Waals surface area (Å²) in [6, 6.07) is 10.8. The van der Waals surface area contributed by atoms with E-state index >= 15 is 0 Å². The first-order valence-electron chi connectivity index (χ1n) is 5.14. The van der Waals surface area contributed by atoms with Crippen molar-refractivity contribution in [3.8, 4) is 0 Å². The molecular formula is C13H9Cl2FOS. The minimum Gasteiger partial charge on any atom is -0.254 e. The first kappa shape index (κ1) is 13.5. The fraction of sp³-hybridized carbons (Fsp3) is 0.0769. The molecule has 1 unspecified atom stereocenters. The average molecular weight is 303 g/mol. The van der Waals surface area contributed by atoms with E-state index in [0.717, 1.165) is 5.56 Å². The van der Waals surface area contributed by atoms with E-state index < -0.39 is 16.6 Å². The standard InChI is InChI=1S/C13H9Cl2FOS/c14-12-5-4-9(6-13(12)15)8-18(17)11-3-1-2-10(16)7-11/h1-7H,8H2. The Bertz CT molecular complexity index is 601. The van der Waals surface area contributed by atoms with Crippen LogP contribution in [0.3, 0.4) is 0 Å². The van der Waals surface area contributed by atoms with Gasteiger partial charge in [0.1, 0.15) is 5.82 Å². The van der Waals surface area contributed by atoms with Gasteiger partial charge >= 0.3 is 0 Å². The van der Waals surface area contributed by atoms with Crippen LogP contribution in [0.5, 0.6) is 0 Å². The first-order chi connectivity index (χ1) is 8.56. The van der Waals surface area contributed by atoms with Crippen molar-refractivity contribution >= 4 is 34.0 Å². The van der Waals surface area contributed by atoms with Gasteiger partial charge in [0.05, 0.1) is 26.6 Å². The third-order valence-corrected chi connectivity index (χ3v) is 4.46. The summed E-state index contributed by atoms with van der Waals surface area (Å²) in [5.74, 6) is -0.115. The molecule has 0 aliphatic heterocycles. The molecule has 0 aliphatic rings. The SMILES string of the molecule is O=S(Cc1ccc(Cl)c(Cl)c1)c1cccc(F)c1. The molecule has 2 rings (SSSR count). The maximum Gasteiger partial charge on any atom is 0.124 e. The number of halogens is 3. The zero-order chi connectivity index (χ0) is 13.1. The second-order valence-corrected chi connectivity index (χ2v) is 5.96. The highest BCUT2D eigenvalue weighted by Crippen LogP contribution is 2.24. The molecule has 18 heavy (non-hydrogen) atoms. The quantitative estimate of drug-likeness (QED) is 0.819. The van der Waals surface area contributed by atoms with Crippen molar-refractivity contribution in [1.29, 1.82) is 0 Å². The van der Waals surface area contributed by atoms with Gasteiger partial charge in [-0.3, -0.25) is 4.21 Å². The predicted molar refractivity (Wildman–Crippen MR) is 73.0 cm³/mol. The van der Waals surface area contributed by atoms with Gasteiger partial charge in [-0.05, 0) is 35.9 Å². The number of rotatable bonds is 3. The van der Waals surface area contributed by atoms with Gasteiger partial charge in [0.2, 0.25) is 0 Å². The van der Waals surface area contributed by atoms with Crippen LogP contribution in [-0.4, -0.2) is 4.21 Å². The van der Waals surface area contributed by atoms with E-state index in [9.17, 15) is 8.60 Å². The van der Waals surface area contributed by atoms with Gasteiger partial charge in [-0.25, -0.2) is 4.39 Å². The topological polar surface area (TPSA) is 17.1 Å². The minimum absolute atomic E-state index is 0.278. The van der Waals surface area contributed by atoms with Crippen molar-refractivity contribution < 1.29 is 8.60 Å². The molecule has 0 heterocycles. The van der Waals surface area contributed by atoms with Crippen LogP contribution in [0.25, 0.3) is 0 Å². The summed E-state index contributed by atoms with van der Waals surface area (Å²) >= 11 is 11.7. The maximum atomic E-state index is 13.0. The molecule has 2 aromatic carbocycles. The Balaban J connectivity index is 2.18. The van der Waals surface area contributed by atoms with Crippen molar-refractivity contribution in [3.05, 3.63) is 63.9 Å². The summed E-state index contributed by atoms with van der Waals surface area (Å²) in [5.41, 5.74) is 0.798. The van der Waals surface area contributed by atoms with Gasteiger partial charge in [0.15, 0.2) is 0 Å². The third kappa shape index (κ3) is 3.31. The molecule has 1 atom stereocenters. The Kier molecular flexibility index (Phi) is 4.38. The smallest absolute Gasteiger partial charge is 0.124 e. The Morgan fingerprint density at radius 2 is 1.83 bits per heavy atom. The Hall–Kier alpha value is -0.900. The molecular weight excluding hydrogens is 294 g/mol. The monoisotopic (exact) mass is 302 g/mol. The fourth-order valence-electron chi connectivity index (χ4n) is 1.47. The van der Waals surface area contributed by atoms with Crippen molar-refractivity contribution in [3.63, 3.8) is 0 Å². The number of hydrogen-bond acceptors (Lipinski definition) is 1. The van der Waals surface area contributed by atoms with Crippen molar-refractivity contribution in [2.75, 3.05) is 0 Å². The Labute approximate surface area is 117 Å². The van der Waals surface area contributed by atoms with Crippen molar-refractivity contribution in [2.24, 2.45) is 0 Å². The van der Waals surface area contributed by atoms with E-state index in [-0.39, 0.29) is 5.75 Å². The van der Waals surface area contributed by atoms with Gasteiger partial charge in [-0.15, -0.1) is 0 Å². The van der Waals surface area contributed by atoms with Crippen molar-refractivity contribution in [1.82, 2.24) is 0 Å². The Morgan fingerprint density at radius 1 is 1.06 bits per heavy atom. The van der Waals surface area contributed by atoms with Gasteiger partial charge in [-0.1, -0.05) is 35.3 Å². The fourth-order valence-corrected chi connectivity index (χ4v) is 2.92. The van der Waals surface area contributed by atoms with Crippen LogP contribution in [0.1, 0.15) is 5.56 Å². The van der Waals surface area contributed by atoms with E-state index in [0.29, 0.717) is 14.9 Å². The van der Waals surface area contributed by atoms with Gasteiger partial charge < -0.3 is 0 Å². The summed E-state index contributed by atoms with van der Waals surface area (Å²) < 4.78 is 25.0. The normalized spacial score (nSPS) is 12.4. The molecule has 0 saturated heterocycles. The molecule has 1 nitrogen and oxygen atoms in total. The van der Waals surface area contributed by atoms with Crippen LogP contribution in [0.2, 0.25) is 10.0 Å². The number of benzene rings is 2. The largest absolute Gasteiger partial charge is 0.254 e. The van der Waals surface area contributed by atoms with Crippen LogP contribution in [0.4, 0.5) is 4.39 Å². The summed E-state index contributed by atoms with van der Waals surface area (Å²) in [4.78, 5) is 0.459. The summed E-state index contributed by atoms with van der Waals surface area (Å²) in [7, 11) is -1.30. The van der Waals surface area contributed by atoms with Crippen LogP contribution < -0.4 is 0 Å². The van der Waals surface area contributed by atoms with E-state index in [2.05, 4.69) is 0 Å². The minimum atomic E-state index is -1.30. The lowest BCUT2D eigenvalue weighted by Gasteiger charge is -2.04. The van der Waals surface area contributed by atoms with Crippen LogP contribution in [-0.2, 0) is 16.6 Å². The zero-order valence-corrected chi connectivity index (χ0v) is 11.5. The third-order valence-electron chi connectivity index (χ3n) is 2.34. The molecule has 0 bridgehead atoms. The second kappa shape index (κ2) is 5.83. The molecule has 0 saturated carbocycles. The zero-order valence-electron chi connectivity index (χ0n) is 9.20. The van der Waals surface area contributed by atoms with Crippen LogP contribution in [0.15, 0.2) is 47.4 Å². The molecule has 0 amide bonds. The molecule has 94 valence electrons. The highest BCUT2D eigenvalue weighted by Gasteiger charge is 2.07.